The van der Waals surface area contributed by atoms with Crippen molar-refractivity contribution in [3.05, 3.63) is 59.7 Å². The number of hydrogen-bond acceptors (Lipinski definition) is 4. The molecule has 29 heavy (non-hydrogen) atoms. The Labute approximate surface area is 170 Å². The summed E-state index contributed by atoms with van der Waals surface area (Å²) in [5.74, 6) is -0.0916. The molecule has 0 aliphatic heterocycles. The van der Waals surface area contributed by atoms with Crippen LogP contribution in [-0.2, 0) is 16.0 Å². The number of amides is 1. The van der Waals surface area contributed by atoms with E-state index in [1.807, 2.05) is 55.5 Å². The lowest BCUT2D eigenvalue weighted by atomic mass is 9.99. The first kappa shape index (κ1) is 20.7. The molecule has 0 heterocycles. The Morgan fingerprint density at radius 1 is 1.17 bits per heavy atom. The number of methoxy groups -OCH3 is 1. The fraction of sp³-hybridized carbons (Fsp3) is 0.391. The fourth-order valence-corrected chi connectivity index (χ4v) is 3.50. The van der Waals surface area contributed by atoms with E-state index in [1.54, 1.807) is 7.11 Å². The molecule has 2 aromatic carbocycles. The Bertz CT molecular complexity index is 849. The lowest BCUT2D eigenvalue weighted by Crippen LogP contribution is -2.35. The Hall–Kier alpha value is -3.02. The molecule has 1 fully saturated rings. The Morgan fingerprint density at radius 3 is 2.59 bits per heavy atom. The van der Waals surface area contributed by atoms with Gasteiger partial charge >= 0.3 is 5.97 Å². The molecule has 3 unspecified atom stereocenters. The zero-order chi connectivity index (χ0) is 20.8. The zero-order valence-electron chi connectivity index (χ0n) is 16.8. The predicted octanol–water partition coefficient (Wildman–Crippen LogP) is 3.26. The molecule has 0 radical (unpaired) electrons. The third kappa shape index (κ3) is 5.50. The highest BCUT2D eigenvalue weighted by atomic mass is 16.5. The molecule has 6 heteroatoms. The Balaban J connectivity index is 1.52. The predicted molar refractivity (Wildman–Crippen MR) is 109 cm³/mol. The summed E-state index contributed by atoms with van der Waals surface area (Å²) < 4.78 is 10.6. The van der Waals surface area contributed by atoms with Crippen LogP contribution in [-0.4, -0.2) is 37.2 Å². The summed E-state index contributed by atoms with van der Waals surface area (Å²) in [4.78, 5) is 24.1. The van der Waals surface area contributed by atoms with Crippen molar-refractivity contribution in [3.8, 4) is 11.5 Å². The van der Waals surface area contributed by atoms with Crippen LogP contribution in [0, 0.1) is 11.8 Å². The number of rotatable bonds is 10. The second kappa shape index (κ2) is 9.45. The number of carbonyl (C=O) groups is 2. The van der Waals surface area contributed by atoms with Crippen LogP contribution in [0.25, 0.3) is 0 Å². The number of aliphatic carboxylic acids is 1. The van der Waals surface area contributed by atoms with Gasteiger partial charge in [0.2, 0.25) is 5.91 Å². The molecule has 0 bridgehead atoms. The van der Waals surface area contributed by atoms with Crippen LogP contribution in [0.5, 0.6) is 11.5 Å². The average Bonchev–Trinajstić information content (AvgIpc) is 3.53. The van der Waals surface area contributed by atoms with E-state index < -0.39 is 11.9 Å². The highest BCUT2D eigenvalue weighted by molar-refractivity contribution is 5.83. The van der Waals surface area contributed by atoms with Gasteiger partial charge in [-0.3, -0.25) is 9.59 Å². The normalized spacial score (nSPS) is 18.6. The maximum Gasteiger partial charge on any atom is 0.308 e. The smallest absolute Gasteiger partial charge is 0.308 e. The second-order valence-corrected chi connectivity index (χ2v) is 7.29. The number of benzene rings is 2. The topological polar surface area (TPSA) is 84.9 Å². The van der Waals surface area contributed by atoms with Gasteiger partial charge in [0.05, 0.1) is 19.6 Å². The van der Waals surface area contributed by atoms with Crippen LogP contribution in [0.15, 0.2) is 48.5 Å². The molecule has 3 rings (SSSR count). The molecule has 6 nitrogen and oxygen atoms in total. The summed E-state index contributed by atoms with van der Waals surface area (Å²) in [7, 11) is 1.62. The number of nitrogens with one attached hydrogen (secondary N) is 1. The minimum Gasteiger partial charge on any atom is -0.497 e. The van der Waals surface area contributed by atoms with Gasteiger partial charge in [0.15, 0.2) is 0 Å². The quantitative estimate of drug-likeness (QED) is 0.643. The van der Waals surface area contributed by atoms with E-state index in [9.17, 15) is 14.7 Å². The first-order valence-corrected chi connectivity index (χ1v) is 9.88. The average molecular weight is 397 g/mol. The van der Waals surface area contributed by atoms with E-state index in [4.69, 9.17) is 9.47 Å². The van der Waals surface area contributed by atoms with Gasteiger partial charge in [-0.05, 0) is 61.1 Å². The zero-order valence-corrected chi connectivity index (χ0v) is 16.8. The molecule has 0 spiro atoms. The monoisotopic (exact) mass is 397 g/mol. The molecular formula is C23H27NO5. The molecule has 2 N–H and O–H groups in total. The number of ether oxygens (including phenoxy) is 2. The fourth-order valence-electron chi connectivity index (χ4n) is 3.50. The van der Waals surface area contributed by atoms with Crippen molar-refractivity contribution in [1.29, 1.82) is 0 Å². The molecular weight excluding hydrogens is 370 g/mol. The summed E-state index contributed by atoms with van der Waals surface area (Å²) in [6.45, 7) is 2.61. The van der Waals surface area contributed by atoms with E-state index in [0.29, 0.717) is 13.0 Å². The minimum atomic E-state index is -0.917. The first-order chi connectivity index (χ1) is 14.0. The molecule has 0 aromatic heterocycles. The Kier molecular flexibility index (Phi) is 6.75. The number of hydrogen-bond donors (Lipinski definition) is 2. The highest BCUT2D eigenvalue weighted by Gasteiger charge is 2.44. The van der Waals surface area contributed by atoms with Crippen molar-refractivity contribution < 1.29 is 24.2 Å². The molecule has 2 aromatic rings. The van der Waals surface area contributed by atoms with E-state index in [0.717, 1.165) is 29.0 Å². The highest BCUT2D eigenvalue weighted by Crippen LogP contribution is 2.48. The lowest BCUT2D eigenvalue weighted by Gasteiger charge is -2.14. The van der Waals surface area contributed by atoms with Crippen LogP contribution in [0.3, 0.4) is 0 Å². The van der Waals surface area contributed by atoms with E-state index in [2.05, 4.69) is 5.32 Å². The molecule has 0 saturated heterocycles. The second-order valence-electron chi connectivity index (χ2n) is 7.29. The van der Waals surface area contributed by atoms with Crippen molar-refractivity contribution >= 4 is 11.9 Å². The Morgan fingerprint density at radius 2 is 1.93 bits per heavy atom. The van der Waals surface area contributed by atoms with Crippen LogP contribution in [0.4, 0.5) is 0 Å². The van der Waals surface area contributed by atoms with Crippen LogP contribution < -0.4 is 14.8 Å². The first-order valence-electron chi connectivity index (χ1n) is 9.88. The molecule has 3 atom stereocenters. The van der Waals surface area contributed by atoms with Crippen LogP contribution in [0.1, 0.15) is 30.4 Å². The standard InChI is InChI=1S/C23H27NO5/c1-3-29-18-9-7-15(8-10-18)11-17(23(26)27)14-24-22(25)21-13-20(21)16-5-4-6-19(12-16)28-2/h4-10,12,17,20-21H,3,11,13-14H2,1-2H3,(H,24,25)(H,26,27). The molecule has 1 saturated carbocycles. The number of carboxylic acid groups (broad SMARTS) is 1. The van der Waals surface area contributed by atoms with Crippen LogP contribution in [0.2, 0.25) is 0 Å². The van der Waals surface area contributed by atoms with Crippen molar-refractivity contribution in [2.24, 2.45) is 11.8 Å². The van der Waals surface area contributed by atoms with Gasteiger partial charge in [0, 0.05) is 12.5 Å². The van der Waals surface area contributed by atoms with Gasteiger partial charge in [-0.15, -0.1) is 0 Å². The summed E-state index contributed by atoms with van der Waals surface area (Å²) in [6, 6.07) is 15.1. The van der Waals surface area contributed by atoms with Gasteiger partial charge in [-0.1, -0.05) is 24.3 Å². The molecule has 1 aliphatic carbocycles. The van der Waals surface area contributed by atoms with Gasteiger partial charge in [0.25, 0.3) is 0 Å². The summed E-state index contributed by atoms with van der Waals surface area (Å²) >= 11 is 0. The van der Waals surface area contributed by atoms with Gasteiger partial charge in [-0.25, -0.2) is 0 Å². The largest absolute Gasteiger partial charge is 0.497 e. The van der Waals surface area contributed by atoms with E-state index in [-0.39, 0.29) is 24.3 Å². The van der Waals surface area contributed by atoms with Crippen molar-refractivity contribution in [1.82, 2.24) is 5.32 Å². The minimum absolute atomic E-state index is 0.0873. The van der Waals surface area contributed by atoms with Crippen LogP contribution >= 0.6 is 0 Å². The van der Waals surface area contributed by atoms with Gasteiger partial charge < -0.3 is 19.9 Å². The van der Waals surface area contributed by atoms with Crippen molar-refractivity contribution in [2.75, 3.05) is 20.3 Å². The maximum absolute atomic E-state index is 12.5. The third-order valence-corrected chi connectivity index (χ3v) is 5.24. The lowest BCUT2D eigenvalue weighted by molar-refractivity contribution is -0.141. The summed E-state index contributed by atoms with van der Waals surface area (Å²) in [5, 5.41) is 12.4. The number of carbonyl (C=O) groups excluding carboxylic acids is 1. The molecule has 1 amide bonds. The maximum atomic E-state index is 12.5. The van der Waals surface area contributed by atoms with Gasteiger partial charge in [-0.2, -0.15) is 0 Å². The summed E-state index contributed by atoms with van der Waals surface area (Å²) in [5.41, 5.74) is 1.98. The van der Waals surface area contributed by atoms with E-state index >= 15 is 0 Å². The molecule has 154 valence electrons. The van der Waals surface area contributed by atoms with Crippen molar-refractivity contribution in [3.63, 3.8) is 0 Å². The van der Waals surface area contributed by atoms with Gasteiger partial charge in [0.1, 0.15) is 11.5 Å². The van der Waals surface area contributed by atoms with E-state index in [1.165, 1.54) is 0 Å². The number of carboxylic acids is 1. The van der Waals surface area contributed by atoms with Crippen molar-refractivity contribution in [2.45, 2.75) is 25.7 Å². The molecule has 1 aliphatic rings. The summed E-state index contributed by atoms with van der Waals surface area (Å²) in [6.07, 6.45) is 1.13. The third-order valence-electron chi connectivity index (χ3n) is 5.24. The SMILES string of the molecule is CCOc1ccc(CC(CNC(=O)C2CC2c2cccc(OC)c2)C(=O)O)cc1.